The van der Waals surface area contributed by atoms with Gasteiger partial charge in [0.25, 0.3) is 0 Å². The maximum Gasteiger partial charge on any atom is 0.120 e. The molecule has 1 N–H and O–H groups in total. The summed E-state index contributed by atoms with van der Waals surface area (Å²) in [4.78, 5) is 0. The van der Waals surface area contributed by atoms with Crippen LogP contribution in [0.25, 0.3) is 10.8 Å². The molecule has 0 fully saturated rings. The van der Waals surface area contributed by atoms with E-state index in [0.29, 0.717) is 6.61 Å². The summed E-state index contributed by atoms with van der Waals surface area (Å²) in [7, 11) is 0. The van der Waals surface area contributed by atoms with Crippen LogP contribution in [0.4, 0.5) is 0 Å². The molecule has 0 saturated heterocycles. The summed E-state index contributed by atoms with van der Waals surface area (Å²) in [5, 5.41) is 11.6. The largest absolute Gasteiger partial charge is 0.508 e. The van der Waals surface area contributed by atoms with Crippen LogP contribution in [-0.4, -0.2) is 5.11 Å². The number of hydrogen-bond donors (Lipinski definition) is 1. The topological polar surface area (TPSA) is 29.5 Å². The average Bonchev–Trinajstić information content (AvgIpc) is 2.45. The number of benzene rings is 3. The van der Waals surface area contributed by atoms with Crippen LogP contribution in [0, 0.1) is 6.92 Å². The van der Waals surface area contributed by atoms with Crippen LogP contribution in [0.2, 0.25) is 0 Å². The van der Waals surface area contributed by atoms with E-state index < -0.39 is 0 Å². The second-order valence-electron chi connectivity index (χ2n) is 4.97. The van der Waals surface area contributed by atoms with Gasteiger partial charge in [0.05, 0.1) is 0 Å². The van der Waals surface area contributed by atoms with Crippen molar-refractivity contribution in [2.24, 2.45) is 0 Å². The third-order valence-corrected chi connectivity index (χ3v) is 3.28. The van der Waals surface area contributed by atoms with E-state index in [0.717, 1.165) is 22.1 Å². The molecule has 2 nitrogen and oxygen atoms in total. The number of aryl methyl sites for hydroxylation is 1. The minimum absolute atomic E-state index is 0.272. The minimum Gasteiger partial charge on any atom is -0.508 e. The van der Waals surface area contributed by atoms with E-state index in [9.17, 15) is 5.11 Å². The lowest BCUT2D eigenvalue weighted by Crippen LogP contribution is -1.95. The van der Waals surface area contributed by atoms with Crippen LogP contribution in [0.15, 0.2) is 60.7 Å². The number of hydrogen-bond acceptors (Lipinski definition) is 2. The van der Waals surface area contributed by atoms with Gasteiger partial charge in [-0.25, -0.2) is 0 Å². The highest BCUT2D eigenvalue weighted by Crippen LogP contribution is 2.24. The summed E-state index contributed by atoms with van der Waals surface area (Å²) in [5.41, 5.74) is 2.38. The lowest BCUT2D eigenvalue weighted by Gasteiger charge is -2.08. The third-order valence-electron chi connectivity index (χ3n) is 3.28. The van der Waals surface area contributed by atoms with Crippen molar-refractivity contribution in [1.29, 1.82) is 0 Å². The molecule has 3 rings (SSSR count). The molecule has 0 heterocycles. The molecular weight excluding hydrogens is 248 g/mol. The fraction of sp³-hybridized carbons (Fsp3) is 0.111. The van der Waals surface area contributed by atoms with Crippen molar-refractivity contribution in [3.8, 4) is 11.5 Å². The molecule has 3 aromatic rings. The molecule has 0 spiro atoms. The van der Waals surface area contributed by atoms with Gasteiger partial charge in [-0.05, 0) is 47.5 Å². The Balaban J connectivity index is 1.80. The molecule has 0 aliphatic rings. The number of rotatable bonds is 3. The first kappa shape index (κ1) is 12.5. The second kappa shape index (κ2) is 5.25. The molecule has 0 aromatic heterocycles. The normalized spacial score (nSPS) is 10.7. The SMILES string of the molecule is Cc1cccc(COc2ccc3ccc(O)cc3c2)c1. The zero-order valence-electron chi connectivity index (χ0n) is 11.3. The van der Waals surface area contributed by atoms with E-state index in [-0.39, 0.29) is 5.75 Å². The van der Waals surface area contributed by atoms with Crippen LogP contribution in [0.1, 0.15) is 11.1 Å². The van der Waals surface area contributed by atoms with Crippen molar-refractivity contribution in [3.05, 3.63) is 71.8 Å². The Morgan fingerprint density at radius 3 is 2.60 bits per heavy atom. The maximum atomic E-state index is 9.52. The summed E-state index contributed by atoms with van der Waals surface area (Å²) < 4.78 is 5.81. The standard InChI is InChI=1S/C18H16O2/c1-13-3-2-4-14(9-13)12-20-18-8-6-15-5-7-17(19)10-16(15)11-18/h2-11,19H,12H2,1H3. The van der Waals surface area contributed by atoms with Gasteiger partial charge in [0, 0.05) is 0 Å². The van der Waals surface area contributed by atoms with Gasteiger partial charge in [0.1, 0.15) is 18.1 Å². The second-order valence-corrected chi connectivity index (χ2v) is 4.97. The molecular formula is C18H16O2. The first-order valence-corrected chi connectivity index (χ1v) is 6.62. The predicted molar refractivity (Wildman–Crippen MR) is 81.1 cm³/mol. The molecule has 0 radical (unpaired) electrons. The Bertz CT molecular complexity index is 747. The number of phenols is 1. The molecule has 0 bridgehead atoms. The smallest absolute Gasteiger partial charge is 0.120 e. The van der Waals surface area contributed by atoms with E-state index in [2.05, 4.69) is 25.1 Å². The van der Waals surface area contributed by atoms with Gasteiger partial charge in [-0.1, -0.05) is 42.0 Å². The van der Waals surface area contributed by atoms with Crippen LogP contribution in [-0.2, 0) is 6.61 Å². The Kier molecular flexibility index (Phi) is 3.30. The van der Waals surface area contributed by atoms with E-state index in [1.54, 1.807) is 12.1 Å². The summed E-state index contributed by atoms with van der Waals surface area (Å²) in [5.74, 6) is 1.08. The van der Waals surface area contributed by atoms with Crippen molar-refractivity contribution >= 4 is 10.8 Å². The average molecular weight is 264 g/mol. The monoisotopic (exact) mass is 264 g/mol. The summed E-state index contributed by atoms with van der Waals surface area (Å²) >= 11 is 0. The quantitative estimate of drug-likeness (QED) is 0.758. The number of aromatic hydroxyl groups is 1. The first-order valence-electron chi connectivity index (χ1n) is 6.62. The first-order chi connectivity index (χ1) is 9.70. The van der Waals surface area contributed by atoms with Crippen molar-refractivity contribution in [2.75, 3.05) is 0 Å². The molecule has 0 amide bonds. The van der Waals surface area contributed by atoms with E-state index in [1.165, 1.54) is 5.56 Å². The zero-order valence-corrected chi connectivity index (χ0v) is 11.3. The van der Waals surface area contributed by atoms with E-state index >= 15 is 0 Å². The van der Waals surface area contributed by atoms with Crippen molar-refractivity contribution in [2.45, 2.75) is 13.5 Å². The summed E-state index contributed by atoms with van der Waals surface area (Å²) in [6, 6.07) is 19.5. The molecule has 0 unspecified atom stereocenters. The predicted octanol–water partition coefficient (Wildman–Crippen LogP) is 4.43. The van der Waals surface area contributed by atoms with Gasteiger partial charge in [-0.2, -0.15) is 0 Å². The number of phenolic OH excluding ortho intramolecular Hbond substituents is 1. The maximum absolute atomic E-state index is 9.52. The highest BCUT2D eigenvalue weighted by molar-refractivity contribution is 5.85. The highest BCUT2D eigenvalue weighted by Gasteiger charge is 2.00. The number of ether oxygens (including phenoxy) is 1. The molecule has 0 aliphatic carbocycles. The molecule has 3 aromatic carbocycles. The van der Waals surface area contributed by atoms with Gasteiger partial charge >= 0.3 is 0 Å². The highest BCUT2D eigenvalue weighted by atomic mass is 16.5. The molecule has 0 aliphatic heterocycles. The number of fused-ring (bicyclic) bond motifs is 1. The Morgan fingerprint density at radius 1 is 0.900 bits per heavy atom. The van der Waals surface area contributed by atoms with Crippen molar-refractivity contribution in [3.63, 3.8) is 0 Å². The van der Waals surface area contributed by atoms with Crippen LogP contribution >= 0.6 is 0 Å². The van der Waals surface area contributed by atoms with Crippen molar-refractivity contribution in [1.82, 2.24) is 0 Å². The van der Waals surface area contributed by atoms with Crippen LogP contribution in [0.3, 0.4) is 0 Å². The molecule has 2 heteroatoms. The van der Waals surface area contributed by atoms with Gasteiger partial charge < -0.3 is 9.84 Å². The summed E-state index contributed by atoms with van der Waals surface area (Å²) in [6.45, 7) is 2.62. The molecule has 0 saturated carbocycles. The third kappa shape index (κ3) is 2.75. The van der Waals surface area contributed by atoms with E-state index in [4.69, 9.17) is 4.74 Å². The summed E-state index contributed by atoms with van der Waals surface area (Å²) in [6.07, 6.45) is 0. The van der Waals surface area contributed by atoms with Gasteiger partial charge in [0.2, 0.25) is 0 Å². The lowest BCUT2D eigenvalue weighted by molar-refractivity contribution is 0.306. The van der Waals surface area contributed by atoms with Gasteiger partial charge in [0.15, 0.2) is 0 Å². The minimum atomic E-state index is 0.272. The molecule has 0 atom stereocenters. The molecule has 100 valence electrons. The van der Waals surface area contributed by atoms with Gasteiger partial charge in [-0.3, -0.25) is 0 Å². The zero-order chi connectivity index (χ0) is 13.9. The Morgan fingerprint density at radius 2 is 1.75 bits per heavy atom. The fourth-order valence-corrected chi connectivity index (χ4v) is 2.27. The Labute approximate surface area is 118 Å². The van der Waals surface area contributed by atoms with Crippen molar-refractivity contribution < 1.29 is 9.84 Å². The van der Waals surface area contributed by atoms with Crippen LogP contribution < -0.4 is 4.74 Å². The molecule has 20 heavy (non-hydrogen) atoms. The fourth-order valence-electron chi connectivity index (χ4n) is 2.27. The lowest BCUT2D eigenvalue weighted by atomic mass is 10.1. The van der Waals surface area contributed by atoms with Crippen LogP contribution in [0.5, 0.6) is 11.5 Å². The van der Waals surface area contributed by atoms with E-state index in [1.807, 2.05) is 30.3 Å². The Hall–Kier alpha value is -2.48. The van der Waals surface area contributed by atoms with Gasteiger partial charge in [-0.15, -0.1) is 0 Å².